The van der Waals surface area contributed by atoms with Crippen molar-refractivity contribution in [2.45, 2.75) is 63.5 Å². The van der Waals surface area contributed by atoms with E-state index in [2.05, 4.69) is 28.4 Å². The lowest BCUT2D eigenvalue weighted by atomic mass is 9.87. The fraction of sp³-hybridized carbons (Fsp3) is 0.789. The summed E-state index contributed by atoms with van der Waals surface area (Å²) in [5.74, 6) is 1.12. The summed E-state index contributed by atoms with van der Waals surface area (Å²) in [6.45, 7) is 1.91. The summed E-state index contributed by atoms with van der Waals surface area (Å²) in [5, 5.41) is 7.83. The quantitative estimate of drug-likeness (QED) is 0.499. The van der Waals surface area contributed by atoms with Crippen molar-refractivity contribution in [3.8, 4) is 0 Å². The maximum Gasteiger partial charge on any atom is 0.188 e. The van der Waals surface area contributed by atoms with Crippen molar-refractivity contribution >= 4 is 5.96 Å². The predicted molar refractivity (Wildman–Crippen MR) is 102 cm³/mol. The van der Waals surface area contributed by atoms with Crippen LogP contribution in [0.25, 0.3) is 0 Å². The number of aryl methyl sites for hydroxylation is 1. The van der Waals surface area contributed by atoms with Gasteiger partial charge in [0.05, 0.1) is 11.7 Å². The fourth-order valence-electron chi connectivity index (χ4n) is 4.49. The molecule has 25 heavy (non-hydrogen) atoms. The van der Waals surface area contributed by atoms with Gasteiger partial charge in [0.2, 0.25) is 0 Å². The van der Waals surface area contributed by atoms with Gasteiger partial charge in [0, 0.05) is 25.8 Å². The van der Waals surface area contributed by atoms with Crippen LogP contribution in [0.5, 0.6) is 0 Å². The van der Waals surface area contributed by atoms with Crippen molar-refractivity contribution in [1.29, 1.82) is 0 Å². The maximum absolute atomic E-state index is 6.21. The number of rotatable bonds is 4. The van der Waals surface area contributed by atoms with Gasteiger partial charge in [-0.05, 0) is 51.3 Å². The van der Waals surface area contributed by atoms with E-state index in [4.69, 9.17) is 10.7 Å². The van der Waals surface area contributed by atoms with E-state index >= 15 is 0 Å². The number of hydrogen-bond acceptors (Lipinski definition) is 3. The highest BCUT2D eigenvalue weighted by atomic mass is 15.3. The number of piperidine rings is 1. The largest absolute Gasteiger partial charge is 0.370 e. The lowest BCUT2D eigenvalue weighted by molar-refractivity contribution is 0.119. The third kappa shape index (κ3) is 4.75. The Kier molecular flexibility index (Phi) is 6.34. The normalized spacial score (nSPS) is 27.2. The molecule has 1 saturated carbocycles. The van der Waals surface area contributed by atoms with Gasteiger partial charge in [0.15, 0.2) is 5.96 Å². The molecular weight excluding hydrogens is 312 g/mol. The summed E-state index contributed by atoms with van der Waals surface area (Å²) in [5.41, 5.74) is 7.48. The number of aliphatic imine (C=N–C) groups is 1. The molecule has 0 spiro atoms. The highest BCUT2D eigenvalue weighted by molar-refractivity contribution is 5.78. The zero-order valence-electron chi connectivity index (χ0n) is 15.8. The third-order valence-corrected chi connectivity index (χ3v) is 5.87. The summed E-state index contributed by atoms with van der Waals surface area (Å²) >= 11 is 0. The Morgan fingerprint density at radius 3 is 2.64 bits per heavy atom. The van der Waals surface area contributed by atoms with E-state index in [9.17, 15) is 0 Å². The molecular formula is C19H34N6. The highest BCUT2D eigenvalue weighted by Gasteiger charge is 2.32. The molecule has 2 heterocycles. The van der Waals surface area contributed by atoms with E-state index in [1.807, 2.05) is 17.9 Å². The van der Waals surface area contributed by atoms with Gasteiger partial charge in [-0.15, -0.1) is 0 Å². The van der Waals surface area contributed by atoms with Crippen molar-refractivity contribution in [2.24, 2.45) is 23.7 Å². The molecule has 6 nitrogen and oxygen atoms in total. The van der Waals surface area contributed by atoms with Crippen LogP contribution in [-0.2, 0) is 7.05 Å². The van der Waals surface area contributed by atoms with Crippen molar-refractivity contribution in [3.05, 3.63) is 18.0 Å². The van der Waals surface area contributed by atoms with E-state index in [1.165, 1.54) is 57.1 Å². The van der Waals surface area contributed by atoms with Gasteiger partial charge in [-0.25, -0.2) is 0 Å². The van der Waals surface area contributed by atoms with E-state index in [1.54, 1.807) is 0 Å². The molecule has 2 aliphatic rings. The van der Waals surface area contributed by atoms with Crippen LogP contribution in [0.1, 0.15) is 63.1 Å². The molecule has 3 N–H and O–H groups in total. The van der Waals surface area contributed by atoms with Crippen LogP contribution in [0.4, 0.5) is 0 Å². The van der Waals surface area contributed by atoms with Crippen molar-refractivity contribution < 1.29 is 0 Å². The number of nitrogens with zero attached hydrogens (tertiary/aromatic N) is 4. The minimum atomic E-state index is 0.371. The summed E-state index contributed by atoms with van der Waals surface area (Å²) in [6.07, 6.45) is 12.1. The third-order valence-electron chi connectivity index (χ3n) is 5.87. The van der Waals surface area contributed by atoms with Crippen LogP contribution in [0, 0.1) is 5.92 Å². The molecule has 1 saturated heterocycles. The second-order valence-electron chi connectivity index (χ2n) is 7.77. The molecule has 6 heteroatoms. The molecule has 0 bridgehead atoms. The van der Waals surface area contributed by atoms with Crippen LogP contribution in [0.2, 0.25) is 0 Å². The molecule has 2 fully saturated rings. The van der Waals surface area contributed by atoms with Crippen LogP contribution in [0.3, 0.4) is 0 Å². The Morgan fingerprint density at radius 2 is 1.96 bits per heavy atom. The van der Waals surface area contributed by atoms with Crippen LogP contribution < -0.4 is 11.1 Å². The molecule has 1 aromatic rings. The molecule has 140 valence electrons. The molecule has 0 unspecified atom stereocenters. The maximum atomic E-state index is 6.21. The summed E-state index contributed by atoms with van der Waals surface area (Å²) < 4.78 is 2.00. The number of guanidine groups is 1. The smallest absolute Gasteiger partial charge is 0.188 e. The Labute approximate surface area is 151 Å². The number of hydrogen-bond donors (Lipinski definition) is 2. The molecule has 0 aromatic carbocycles. The molecule has 0 amide bonds. The Morgan fingerprint density at radius 1 is 1.20 bits per heavy atom. The van der Waals surface area contributed by atoms with E-state index in [0.717, 1.165) is 13.1 Å². The monoisotopic (exact) mass is 346 g/mol. The lowest BCUT2D eigenvalue weighted by Crippen LogP contribution is -2.41. The van der Waals surface area contributed by atoms with Gasteiger partial charge >= 0.3 is 0 Å². The Hall–Kier alpha value is -1.56. The van der Waals surface area contributed by atoms with Crippen LogP contribution >= 0.6 is 0 Å². The first-order chi connectivity index (χ1) is 12.1. The zero-order valence-corrected chi connectivity index (χ0v) is 15.8. The first kappa shape index (κ1) is 18.2. The van der Waals surface area contributed by atoms with Gasteiger partial charge in [-0.1, -0.05) is 25.7 Å². The summed E-state index contributed by atoms with van der Waals surface area (Å²) in [6, 6.07) is 3.01. The first-order valence-corrected chi connectivity index (χ1v) is 9.89. The van der Waals surface area contributed by atoms with Crippen LogP contribution in [0.15, 0.2) is 17.3 Å². The van der Waals surface area contributed by atoms with E-state index in [-0.39, 0.29) is 0 Å². The standard InChI is InChI=1S/C19H34N6/c1-24-13-7-8-15(18(24)17-11-12-22-25(17)2)14-21-19(20)23-16-9-5-3-4-6-10-16/h11-12,15-16,18H,3-10,13-14H2,1-2H3,(H3,20,21,23)/t15-,18+/m0/s1. The van der Waals surface area contributed by atoms with Gasteiger partial charge < -0.3 is 11.1 Å². The van der Waals surface area contributed by atoms with Crippen LogP contribution in [-0.4, -0.2) is 46.8 Å². The SMILES string of the molecule is CN1CCC[C@@H](CN=C(N)NC2CCCCCC2)[C@@H]1c1ccnn1C. The number of nitrogens with two attached hydrogens (primary N) is 1. The minimum absolute atomic E-state index is 0.371. The topological polar surface area (TPSA) is 71.5 Å². The summed E-state index contributed by atoms with van der Waals surface area (Å²) in [4.78, 5) is 7.16. The van der Waals surface area contributed by atoms with Crippen molar-refractivity contribution in [2.75, 3.05) is 20.1 Å². The number of nitrogens with one attached hydrogen (secondary N) is 1. The highest BCUT2D eigenvalue weighted by Crippen LogP contribution is 2.34. The van der Waals surface area contributed by atoms with Gasteiger partial charge in [0.1, 0.15) is 0 Å². The minimum Gasteiger partial charge on any atom is -0.370 e. The van der Waals surface area contributed by atoms with Gasteiger partial charge in [0.25, 0.3) is 0 Å². The number of likely N-dealkylation sites (tertiary alicyclic amines) is 1. The van der Waals surface area contributed by atoms with Crippen molar-refractivity contribution in [3.63, 3.8) is 0 Å². The summed E-state index contributed by atoms with van der Waals surface area (Å²) in [7, 11) is 4.24. The molecule has 0 radical (unpaired) electrons. The number of aromatic nitrogens is 2. The molecule has 3 rings (SSSR count). The second-order valence-corrected chi connectivity index (χ2v) is 7.77. The average molecular weight is 347 g/mol. The fourth-order valence-corrected chi connectivity index (χ4v) is 4.49. The van der Waals surface area contributed by atoms with E-state index in [0.29, 0.717) is 24.0 Å². The molecule has 2 atom stereocenters. The Bertz CT molecular complexity index is 558. The van der Waals surface area contributed by atoms with E-state index < -0.39 is 0 Å². The van der Waals surface area contributed by atoms with Gasteiger partial charge in [-0.2, -0.15) is 5.10 Å². The lowest BCUT2D eigenvalue weighted by Gasteiger charge is -2.38. The molecule has 1 aromatic heterocycles. The molecule has 1 aliphatic heterocycles. The second kappa shape index (κ2) is 8.70. The Balaban J connectivity index is 1.62. The average Bonchev–Trinajstić information content (AvgIpc) is 2.85. The van der Waals surface area contributed by atoms with Gasteiger partial charge in [-0.3, -0.25) is 14.6 Å². The van der Waals surface area contributed by atoms with Crippen molar-refractivity contribution in [1.82, 2.24) is 20.0 Å². The first-order valence-electron chi connectivity index (χ1n) is 9.89. The molecule has 1 aliphatic carbocycles. The predicted octanol–water partition coefficient (Wildman–Crippen LogP) is 2.43. The zero-order chi connectivity index (χ0) is 17.6.